The monoisotopic (exact) mass is 532 g/mol. The molecule has 2 aromatic carbocycles. The molecular weight excluding hydrogens is 509 g/mol. The second kappa shape index (κ2) is 9.80. The van der Waals surface area contributed by atoms with Gasteiger partial charge in [-0.1, -0.05) is 72.5 Å². The first-order valence-electron chi connectivity index (χ1n) is 11.9. The molecule has 2 aliphatic rings. The van der Waals surface area contributed by atoms with E-state index in [0.717, 1.165) is 58.1 Å². The predicted octanol–water partition coefficient (Wildman–Crippen LogP) is 5.20. The number of likely N-dealkylation sites (tertiary alicyclic amines) is 1. The molecule has 9 heteroatoms. The van der Waals surface area contributed by atoms with Crippen molar-refractivity contribution in [2.45, 2.75) is 18.9 Å². The normalized spacial score (nSPS) is 18.6. The van der Waals surface area contributed by atoms with Gasteiger partial charge in [0.2, 0.25) is 5.91 Å². The van der Waals surface area contributed by atoms with E-state index >= 15 is 0 Å². The SMILES string of the molecule is O=C(CSC(=S)N1C[C@@H]2C[C@@H](C1)c1cccc(=O)n1C2)Nc1nc(-c2cccc3ccccc23)cs1. The van der Waals surface area contributed by atoms with Crippen molar-refractivity contribution < 1.29 is 4.79 Å². The second-order valence-corrected chi connectivity index (χ2v) is 11.7. The summed E-state index contributed by atoms with van der Waals surface area (Å²) in [5.41, 5.74) is 3.09. The molecule has 0 radical (unpaired) electrons. The van der Waals surface area contributed by atoms with Crippen LogP contribution in [0.15, 0.2) is 70.8 Å². The Morgan fingerprint density at radius 1 is 1.08 bits per heavy atom. The molecule has 4 heterocycles. The van der Waals surface area contributed by atoms with E-state index < -0.39 is 0 Å². The van der Waals surface area contributed by atoms with Crippen molar-refractivity contribution in [1.82, 2.24) is 14.5 Å². The largest absolute Gasteiger partial charge is 0.356 e. The maximum atomic E-state index is 12.7. The molecule has 1 amide bonds. The van der Waals surface area contributed by atoms with Crippen molar-refractivity contribution in [1.29, 1.82) is 0 Å². The quantitative estimate of drug-likeness (QED) is 0.365. The number of nitrogens with one attached hydrogen (secondary N) is 1. The summed E-state index contributed by atoms with van der Waals surface area (Å²) in [7, 11) is 0. The van der Waals surface area contributed by atoms with Crippen LogP contribution >= 0.6 is 35.3 Å². The molecule has 2 atom stereocenters. The van der Waals surface area contributed by atoms with Crippen LogP contribution in [0.3, 0.4) is 0 Å². The molecule has 6 rings (SSSR count). The summed E-state index contributed by atoms with van der Waals surface area (Å²) in [5, 5.41) is 7.80. The molecule has 0 spiro atoms. The minimum absolute atomic E-state index is 0.0788. The zero-order valence-corrected chi connectivity index (χ0v) is 21.9. The fourth-order valence-electron chi connectivity index (χ4n) is 5.32. The lowest BCUT2D eigenvalue weighted by Gasteiger charge is -2.43. The number of pyridine rings is 1. The van der Waals surface area contributed by atoms with E-state index in [4.69, 9.17) is 12.2 Å². The summed E-state index contributed by atoms with van der Waals surface area (Å²) in [6.07, 6.45) is 1.08. The highest BCUT2D eigenvalue weighted by Crippen LogP contribution is 2.36. The number of amides is 1. The van der Waals surface area contributed by atoms with Crippen LogP contribution in [0, 0.1) is 5.92 Å². The van der Waals surface area contributed by atoms with E-state index in [9.17, 15) is 9.59 Å². The van der Waals surface area contributed by atoms with Crippen molar-refractivity contribution in [3.05, 3.63) is 82.1 Å². The van der Waals surface area contributed by atoms with E-state index in [1.165, 1.54) is 23.1 Å². The first-order chi connectivity index (χ1) is 17.5. The number of thiazole rings is 1. The zero-order valence-electron chi connectivity index (χ0n) is 19.4. The second-order valence-electron chi connectivity index (χ2n) is 9.27. The average molecular weight is 533 g/mol. The first-order valence-corrected chi connectivity index (χ1v) is 14.2. The average Bonchev–Trinajstić information content (AvgIpc) is 3.35. The predicted molar refractivity (Wildman–Crippen MR) is 152 cm³/mol. The number of piperidine rings is 1. The van der Waals surface area contributed by atoms with Gasteiger partial charge in [-0.15, -0.1) is 11.3 Å². The third-order valence-electron chi connectivity index (χ3n) is 6.88. The highest BCUT2D eigenvalue weighted by molar-refractivity contribution is 8.23. The fraction of sp³-hybridized carbons (Fsp3) is 0.259. The van der Waals surface area contributed by atoms with Crippen LogP contribution < -0.4 is 10.9 Å². The molecule has 2 bridgehead atoms. The standard InChI is InChI=1S/C27H24N4O2S3/c32-24(29-26-28-22(15-35-26)21-8-3-6-18-5-1-2-7-20(18)21)16-36-27(34)30-12-17-11-19(14-30)23-9-4-10-25(33)31(23)13-17/h1-10,15,17,19H,11-14,16H2,(H,28,29,32)/t17-,19-/m0/s1. The lowest BCUT2D eigenvalue weighted by molar-refractivity contribution is -0.113. The van der Waals surface area contributed by atoms with E-state index in [0.29, 0.717) is 17.0 Å². The van der Waals surface area contributed by atoms with Crippen molar-refractivity contribution >= 4 is 61.4 Å². The molecule has 4 aromatic rings. The van der Waals surface area contributed by atoms with Gasteiger partial charge in [0.15, 0.2) is 5.13 Å². The third-order valence-corrected chi connectivity index (χ3v) is 9.16. The van der Waals surface area contributed by atoms with Crippen LogP contribution in [-0.2, 0) is 11.3 Å². The van der Waals surface area contributed by atoms with E-state index in [2.05, 4.69) is 45.5 Å². The van der Waals surface area contributed by atoms with Gasteiger partial charge in [-0.25, -0.2) is 4.98 Å². The maximum Gasteiger partial charge on any atom is 0.250 e. The highest BCUT2D eigenvalue weighted by atomic mass is 32.2. The Morgan fingerprint density at radius 3 is 2.83 bits per heavy atom. The molecule has 0 unspecified atom stereocenters. The summed E-state index contributed by atoms with van der Waals surface area (Å²) in [6.45, 7) is 2.35. The van der Waals surface area contributed by atoms with Gasteiger partial charge in [-0.2, -0.15) is 0 Å². The van der Waals surface area contributed by atoms with Crippen LogP contribution in [0.5, 0.6) is 0 Å². The third kappa shape index (κ3) is 4.58. The Labute approximate surface area is 222 Å². The smallest absolute Gasteiger partial charge is 0.250 e. The van der Waals surface area contributed by atoms with Crippen molar-refractivity contribution in [3.8, 4) is 11.3 Å². The maximum absolute atomic E-state index is 12.7. The summed E-state index contributed by atoms with van der Waals surface area (Å²) in [4.78, 5) is 31.8. The molecule has 2 aliphatic heterocycles. The molecule has 0 aliphatic carbocycles. The number of thiocarbonyl (C=S) groups is 1. The number of benzene rings is 2. The van der Waals surface area contributed by atoms with E-state index in [1.807, 2.05) is 34.2 Å². The number of anilines is 1. The molecule has 6 nitrogen and oxygen atoms in total. The Bertz CT molecular complexity index is 1520. The van der Waals surface area contributed by atoms with Crippen molar-refractivity contribution in [2.24, 2.45) is 5.92 Å². The van der Waals surface area contributed by atoms with Crippen LogP contribution in [0.4, 0.5) is 5.13 Å². The van der Waals surface area contributed by atoms with Crippen LogP contribution in [-0.4, -0.2) is 43.5 Å². The topological polar surface area (TPSA) is 67.2 Å². The number of carbonyl (C=O) groups is 1. The molecule has 1 saturated heterocycles. The summed E-state index contributed by atoms with van der Waals surface area (Å²) in [5.74, 6) is 0.813. The lowest BCUT2D eigenvalue weighted by atomic mass is 9.83. The summed E-state index contributed by atoms with van der Waals surface area (Å²) in [6, 6.07) is 19.9. The van der Waals surface area contributed by atoms with Crippen LogP contribution in [0.2, 0.25) is 0 Å². The minimum Gasteiger partial charge on any atom is -0.356 e. The molecule has 1 fully saturated rings. The molecule has 2 aromatic heterocycles. The number of fused-ring (bicyclic) bond motifs is 5. The fourth-order valence-corrected chi connectivity index (χ4v) is 7.03. The van der Waals surface area contributed by atoms with E-state index in [1.54, 1.807) is 6.07 Å². The molecule has 0 saturated carbocycles. The van der Waals surface area contributed by atoms with Crippen LogP contribution in [0.25, 0.3) is 22.0 Å². The number of hydrogen-bond acceptors (Lipinski definition) is 6. The number of hydrogen-bond donors (Lipinski definition) is 1. The Morgan fingerprint density at radius 2 is 1.92 bits per heavy atom. The molecule has 1 N–H and O–H groups in total. The Hall–Kier alpha value is -3.01. The van der Waals surface area contributed by atoms with Gasteiger partial charge >= 0.3 is 0 Å². The Kier molecular flexibility index (Phi) is 6.37. The van der Waals surface area contributed by atoms with Gasteiger partial charge in [-0.3, -0.25) is 9.59 Å². The van der Waals surface area contributed by atoms with Crippen molar-refractivity contribution in [3.63, 3.8) is 0 Å². The number of aromatic nitrogens is 2. The van der Waals surface area contributed by atoms with E-state index in [-0.39, 0.29) is 17.2 Å². The minimum atomic E-state index is -0.115. The van der Waals surface area contributed by atoms with Gasteiger partial charge < -0.3 is 14.8 Å². The number of rotatable bonds is 4. The lowest BCUT2D eigenvalue weighted by Crippen LogP contribution is -2.48. The highest BCUT2D eigenvalue weighted by Gasteiger charge is 2.35. The van der Waals surface area contributed by atoms with Gasteiger partial charge in [0.1, 0.15) is 4.32 Å². The number of thioether (sulfide) groups is 1. The summed E-state index contributed by atoms with van der Waals surface area (Å²) < 4.78 is 2.66. The van der Waals surface area contributed by atoms with Gasteiger partial charge in [0, 0.05) is 48.3 Å². The number of carbonyl (C=O) groups excluding carboxylic acids is 1. The van der Waals surface area contributed by atoms with Gasteiger partial charge in [-0.05, 0) is 29.2 Å². The van der Waals surface area contributed by atoms with Gasteiger partial charge in [0.25, 0.3) is 5.56 Å². The van der Waals surface area contributed by atoms with Crippen molar-refractivity contribution in [2.75, 3.05) is 24.2 Å². The zero-order chi connectivity index (χ0) is 24.6. The molecule has 182 valence electrons. The molecular formula is C27H24N4O2S3. The number of nitrogens with zero attached hydrogens (tertiary/aromatic N) is 3. The summed E-state index contributed by atoms with van der Waals surface area (Å²) >= 11 is 8.52. The van der Waals surface area contributed by atoms with Gasteiger partial charge in [0.05, 0.1) is 11.4 Å². The Balaban J connectivity index is 1.07. The molecule has 36 heavy (non-hydrogen) atoms. The van der Waals surface area contributed by atoms with Crippen LogP contribution in [0.1, 0.15) is 18.0 Å². The first kappa shape index (κ1) is 23.4.